The number of rotatable bonds is 4. The number of carbonyl (C=O) groups is 1. The first kappa shape index (κ1) is 13.0. The Hall–Kier alpha value is -1.10. The van der Waals surface area contributed by atoms with E-state index in [2.05, 4.69) is 15.9 Å². The van der Waals surface area contributed by atoms with Gasteiger partial charge in [0.25, 0.3) is 0 Å². The van der Waals surface area contributed by atoms with E-state index in [-0.39, 0.29) is 28.3 Å². The van der Waals surface area contributed by atoms with Crippen molar-refractivity contribution < 1.29 is 19.0 Å². The summed E-state index contributed by atoms with van der Waals surface area (Å²) in [6.07, 6.45) is 1.02. The Morgan fingerprint density at radius 2 is 2.31 bits per heavy atom. The summed E-state index contributed by atoms with van der Waals surface area (Å²) in [5, 5.41) is 9.79. The number of phenols is 1. The number of phenolic OH excluding ortho intramolecular Hbond substituents is 1. The summed E-state index contributed by atoms with van der Waals surface area (Å²) in [6.45, 7) is 1.77. The van der Waals surface area contributed by atoms with Crippen LogP contribution in [0, 0.1) is 5.82 Å². The molecule has 1 aromatic rings. The van der Waals surface area contributed by atoms with Crippen molar-refractivity contribution in [1.82, 2.24) is 0 Å². The molecule has 1 atom stereocenters. The third-order valence-electron chi connectivity index (χ3n) is 2.36. The molecule has 0 aliphatic carbocycles. The Morgan fingerprint density at radius 1 is 1.69 bits per heavy atom. The molecule has 0 fully saturated rings. The van der Waals surface area contributed by atoms with E-state index in [1.165, 1.54) is 13.2 Å². The first-order valence-corrected chi connectivity index (χ1v) is 5.50. The zero-order valence-electron chi connectivity index (χ0n) is 8.96. The van der Waals surface area contributed by atoms with Crippen LogP contribution in [0.15, 0.2) is 10.5 Å². The van der Waals surface area contributed by atoms with Crippen LogP contribution in [0.3, 0.4) is 0 Å². The number of aromatic hydroxyl groups is 1. The van der Waals surface area contributed by atoms with Gasteiger partial charge < -0.3 is 14.6 Å². The number of ether oxygens (including phenoxy) is 1. The normalized spacial score (nSPS) is 12.2. The number of hydrogen-bond donors (Lipinski definition) is 1. The molecule has 0 saturated carbocycles. The maximum atomic E-state index is 13.5. The minimum atomic E-state index is -0.651. The molecule has 0 bridgehead atoms. The standard InChI is InChI=1S/C11H12BrFO3/c1-6(3-4-14)7-5-8(12)9(13)11(16-2)10(7)15/h4-6,15H,3H2,1-2H3. The Balaban J connectivity index is 3.30. The van der Waals surface area contributed by atoms with Crippen molar-refractivity contribution in [2.75, 3.05) is 7.11 Å². The fourth-order valence-electron chi connectivity index (χ4n) is 1.44. The van der Waals surface area contributed by atoms with Crippen molar-refractivity contribution in [3.05, 3.63) is 21.9 Å². The van der Waals surface area contributed by atoms with Crippen molar-refractivity contribution >= 4 is 22.2 Å². The van der Waals surface area contributed by atoms with E-state index in [4.69, 9.17) is 4.74 Å². The minimum Gasteiger partial charge on any atom is -0.504 e. The van der Waals surface area contributed by atoms with Gasteiger partial charge in [0.2, 0.25) is 0 Å². The van der Waals surface area contributed by atoms with Crippen LogP contribution in [-0.4, -0.2) is 18.5 Å². The monoisotopic (exact) mass is 290 g/mol. The molecule has 0 heterocycles. The van der Waals surface area contributed by atoms with Crippen LogP contribution >= 0.6 is 15.9 Å². The molecule has 0 aliphatic rings. The average molecular weight is 291 g/mol. The minimum absolute atomic E-state index is 0.191. The second-order valence-corrected chi connectivity index (χ2v) is 4.30. The fraction of sp³-hybridized carbons (Fsp3) is 0.364. The molecule has 1 N–H and O–H groups in total. The molecule has 5 heteroatoms. The van der Waals surface area contributed by atoms with Gasteiger partial charge in [-0.05, 0) is 27.9 Å². The smallest absolute Gasteiger partial charge is 0.198 e. The average Bonchev–Trinajstić information content (AvgIpc) is 2.24. The molecule has 0 saturated heterocycles. The maximum absolute atomic E-state index is 13.5. The molecule has 0 aliphatic heterocycles. The third kappa shape index (κ3) is 2.35. The van der Waals surface area contributed by atoms with Gasteiger partial charge in [0.05, 0.1) is 11.6 Å². The quantitative estimate of drug-likeness (QED) is 0.867. The van der Waals surface area contributed by atoms with Crippen LogP contribution in [0.4, 0.5) is 4.39 Å². The van der Waals surface area contributed by atoms with Crippen molar-refractivity contribution in [3.63, 3.8) is 0 Å². The highest BCUT2D eigenvalue weighted by Crippen LogP contribution is 2.41. The highest BCUT2D eigenvalue weighted by Gasteiger charge is 2.20. The number of hydrogen-bond acceptors (Lipinski definition) is 3. The lowest BCUT2D eigenvalue weighted by Crippen LogP contribution is -1.99. The summed E-state index contributed by atoms with van der Waals surface area (Å²) >= 11 is 3.04. The second kappa shape index (κ2) is 5.30. The predicted molar refractivity (Wildman–Crippen MR) is 61.4 cm³/mol. The van der Waals surface area contributed by atoms with Gasteiger partial charge in [0.1, 0.15) is 6.29 Å². The molecular weight excluding hydrogens is 279 g/mol. The Kier molecular flexibility index (Phi) is 4.29. The van der Waals surface area contributed by atoms with Crippen molar-refractivity contribution in [2.45, 2.75) is 19.3 Å². The maximum Gasteiger partial charge on any atom is 0.198 e. The van der Waals surface area contributed by atoms with E-state index in [1.54, 1.807) is 6.92 Å². The lowest BCUT2D eigenvalue weighted by molar-refractivity contribution is -0.108. The zero-order valence-corrected chi connectivity index (χ0v) is 10.5. The summed E-state index contributed by atoms with van der Waals surface area (Å²) in [7, 11) is 1.28. The molecule has 0 spiro atoms. The number of halogens is 2. The lowest BCUT2D eigenvalue weighted by Gasteiger charge is -2.15. The van der Waals surface area contributed by atoms with Gasteiger partial charge >= 0.3 is 0 Å². The molecule has 3 nitrogen and oxygen atoms in total. The second-order valence-electron chi connectivity index (χ2n) is 3.45. The van der Waals surface area contributed by atoms with E-state index in [0.717, 1.165) is 6.29 Å². The van der Waals surface area contributed by atoms with Gasteiger partial charge in [-0.1, -0.05) is 6.92 Å². The molecule has 0 radical (unpaired) electrons. The van der Waals surface area contributed by atoms with Gasteiger partial charge in [0.15, 0.2) is 17.3 Å². The summed E-state index contributed by atoms with van der Waals surface area (Å²) in [4.78, 5) is 10.4. The predicted octanol–water partition coefficient (Wildman–Crippen LogP) is 2.99. The number of methoxy groups -OCH3 is 1. The van der Waals surface area contributed by atoms with E-state index >= 15 is 0 Å². The molecule has 1 rings (SSSR count). The Bertz CT molecular complexity index is 407. The van der Waals surface area contributed by atoms with Crippen molar-refractivity contribution in [1.29, 1.82) is 0 Å². The highest BCUT2D eigenvalue weighted by atomic mass is 79.9. The van der Waals surface area contributed by atoms with Crippen molar-refractivity contribution in [3.8, 4) is 11.5 Å². The molecule has 1 unspecified atom stereocenters. The van der Waals surface area contributed by atoms with E-state index in [1.807, 2.05) is 0 Å². The number of benzene rings is 1. The molecule has 88 valence electrons. The SMILES string of the molecule is COc1c(O)c(C(C)CC=O)cc(Br)c1F. The summed E-state index contributed by atoms with van der Waals surface area (Å²) in [6, 6.07) is 1.46. The summed E-state index contributed by atoms with van der Waals surface area (Å²) in [5.41, 5.74) is 0.484. The van der Waals surface area contributed by atoms with Crippen LogP contribution in [0.2, 0.25) is 0 Å². The van der Waals surface area contributed by atoms with Gasteiger partial charge in [-0.2, -0.15) is 0 Å². The largest absolute Gasteiger partial charge is 0.504 e. The first-order chi connectivity index (χ1) is 7.52. The first-order valence-electron chi connectivity index (χ1n) is 4.71. The number of aldehydes is 1. The van der Waals surface area contributed by atoms with Gasteiger partial charge in [-0.25, -0.2) is 4.39 Å². The lowest BCUT2D eigenvalue weighted by atomic mass is 9.97. The van der Waals surface area contributed by atoms with E-state index in [0.29, 0.717) is 5.56 Å². The van der Waals surface area contributed by atoms with Crippen LogP contribution in [0.1, 0.15) is 24.8 Å². The zero-order chi connectivity index (χ0) is 12.3. The van der Waals surface area contributed by atoms with Crippen LogP contribution in [0.5, 0.6) is 11.5 Å². The topological polar surface area (TPSA) is 46.5 Å². The Labute approximate surface area is 101 Å². The third-order valence-corrected chi connectivity index (χ3v) is 2.94. The molecule has 16 heavy (non-hydrogen) atoms. The molecule has 0 aromatic heterocycles. The van der Waals surface area contributed by atoms with Crippen LogP contribution in [-0.2, 0) is 4.79 Å². The molecule has 1 aromatic carbocycles. The molecular formula is C11H12BrFO3. The van der Waals surface area contributed by atoms with Gasteiger partial charge in [0, 0.05) is 12.0 Å². The highest BCUT2D eigenvalue weighted by molar-refractivity contribution is 9.10. The van der Waals surface area contributed by atoms with Gasteiger partial charge in [-0.3, -0.25) is 0 Å². The number of carbonyl (C=O) groups excluding carboxylic acids is 1. The summed E-state index contributed by atoms with van der Waals surface area (Å²) in [5.74, 6) is -1.30. The summed E-state index contributed by atoms with van der Waals surface area (Å²) < 4.78 is 18.5. The van der Waals surface area contributed by atoms with E-state index in [9.17, 15) is 14.3 Å². The Morgan fingerprint density at radius 3 is 2.81 bits per heavy atom. The fourth-order valence-corrected chi connectivity index (χ4v) is 1.87. The van der Waals surface area contributed by atoms with E-state index < -0.39 is 5.82 Å². The van der Waals surface area contributed by atoms with Crippen molar-refractivity contribution in [2.24, 2.45) is 0 Å². The van der Waals surface area contributed by atoms with Crippen LogP contribution < -0.4 is 4.74 Å². The van der Waals surface area contributed by atoms with Crippen LogP contribution in [0.25, 0.3) is 0 Å². The van der Waals surface area contributed by atoms with Gasteiger partial charge in [-0.15, -0.1) is 0 Å². The molecule has 0 amide bonds.